The second-order valence-corrected chi connectivity index (χ2v) is 6.59. The predicted molar refractivity (Wildman–Crippen MR) is 70.5 cm³/mol. The molecule has 0 radical (unpaired) electrons. The third-order valence-electron chi connectivity index (χ3n) is 5.36. The standard InChI is InChI=1S/C15H29N/c1-4-15(8-5-9-15)11-16-14-10-12(2)6-7-13(14)3/h12-14,16H,4-11H2,1-3H3. The van der Waals surface area contributed by atoms with Crippen LogP contribution < -0.4 is 5.32 Å². The Morgan fingerprint density at radius 2 is 1.94 bits per heavy atom. The Morgan fingerprint density at radius 3 is 2.50 bits per heavy atom. The Balaban J connectivity index is 1.79. The maximum absolute atomic E-state index is 3.90. The van der Waals surface area contributed by atoms with E-state index in [0.29, 0.717) is 5.41 Å². The molecule has 0 saturated heterocycles. The first-order valence-electron chi connectivity index (χ1n) is 7.38. The van der Waals surface area contributed by atoms with Crippen LogP contribution in [0.1, 0.15) is 65.7 Å². The van der Waals surface area contributed by atoms with Gasteiger partial charge in [-0.3, -0.25) is 0 Å². The third-order valence-corrected chi connectivity index (χ3v) is 5.36. The molecule has 94 valence electrons. The van der Waals surface area contributed by atoms with Crippen molar-refractivity contribution in [1.82, 2.24) is 5.32 Å². The molecular formula is C15H29N. The van der Waals surface area contributed by atoms with Crippen LogP contribution in [0, 0.1) is 17.3 Å². The van der Waals surface area contributed by atoms with Gasteiger partial charge < -0.3 is 5.32 Å². The molecule has 0 aromatic carbocycles. The Bertz CT molecular complexity index is 214. The Hall–Kier alpha value is -0.0400. The van der Waals surface area contributed by atoms with Gasteiger partial charge in [-0.2, -0.15) is 0 Å². The average molecular weight is 223 g/mol. The van der Waals surface area contributed by atoms with Gasteiger partial charge >= 0.3 is 0 Å². The van der Waals surface area contributed by atoms with E-state index in [2.05, 4.69) is 26.1 Å². The zero-order valence-electron chi connectivity index (χ0n) is 11.4. The SMILES string of the molecule is CCC1(CNC2CC(C)CCC2C)CCC1. The van der Waals surface area contributed by atoms with Crippen LogP contribution in [-0.2, 0) is 0 Å². The lowest BCUT2D eigenvalue weighted by Gasteiger charge is -2.44. The zero-order valence-corrected chi connectivity index (χ0v) is 11.4. The molecular weight excluding hydrogens is 194 g/mol. The Kier molecular flexibility index (Phi) is 3.94. The molecule has 1 nitrogen and oxygen atoms in total. The van der Waals surface area contributed by atoms with Gasteiger partial charge in [-0.05, 0) is 49.4 Å². The van der Waals surface area contributed by atoms with E-state index in [1.807, 2.05) is 0 Å². The van der Waals surface area contributed by atoms with E-state index in [0.717, 1.165) is 17.9 Å². The normalized spacial score (nSPS) is 38.1. The fourth-order valence-corrected chi connectivity index (χ4v) is 3.50. The molecule has 0 aromatic rings. The summed E-state index contributed by atoms with van der Waals surface area (Å²) in [6.07, 6.45) is 10.0. The highest BCUT2D eigenvalue weighted by Gasteiger charge is 2.36. The highest BCUT2D eigenvalue weighted by Crippen LogP contribution is 2.43. The van der Waals surface area contributed by atoms with Crippen molar-refractivity contribution in [3.05, 3.63) is 0 Å². The number of nitrogens with one attached hydrogen (secondary N) is 1. The first-order chi connectivity index (χ1) is 7.65. The molecule has 0 aliphatic heterocycles. The van der Waals surface area contributed by atoms with Crippen LogP contribution in [0.3, 0.4) is 0 Å². The van der Waals surface area contributed by atoms with Gasteiger partial charge in [0.05, 0.1) is 0 Å². The molecule has 3 atom stereocenters. The molecule has 2 fully saturated rings. The van der Waals surface area contributed by atoms with Crippen molar-refractivity contribution >= 4 is 0 Å². The van der Waals surface area contributed by atoms with E-state index in [1.165, 1.54) is 51.5 Å². The maximum atomic E-state index is 3.90. The molecule has 2 saturated carbocycles. The van der Waals surface area contributed by atoms with Crippen LogP contribution in [0.4, 0.5) is 0 Å². The van der Waals surface area contributed by atoms with Gasteiger partial charge in [-0.15, -0.1) is 0 Å². The molecule has 0 aromatic heterocycles. The van der Waals surface area contributed by atoms with Crippen LogP contribution in [0.25, 0.3) is 0 Å². The lowest BCUT2D eigenvalue weighted by atomic mass is 9.66. The van der Waals surface area contributed by atoms with E-state index in [-0.39, 0.29) is 0 Å². The van der Waals surface area contributed by atoms with Gasteiger partial charge in [0.25, 0.3) is 0 Å². The summed E-state index contributed by atoms with van der Waals surface area (Å²) < 4.78 is 0. The molecule has 2 aliphatic carbocycles. The monoisotopic (exact) mass is 223 g/mol. The Labute approximate surface area is 101 Å². The van der Waals surface area contributed by atoms with E-state index in [1.54, 1.807) is 0 Å². The second-order valence-electron chi connectivity index (χ2n) is 6.59. The summed E-state index contributed by atoms with van der Waals surface area (Å²) in [4.78, 5) is 0. The third kappa shape index (κ3) is 2.61. The number of rotatable bonds is 4. The summed E-state index contributed by atoms with van der Waals surface area (Å²) >= 11 is 0. The van der Waals surface area contributed by atoms with Crippen molar-refractivity contribution in [2.24, 2.45) is 17.3 Å². The minimum absolute atomic E-state index is 0.681. The molecule has 2 rings (SSSR count). The van der Waals surface area contributed by atoms with Gasteiger partial charge in [-0.1, -0.05) is 33.6 Å². The van der Waals surface area contributed by atoms with E-state index < -0.39 is 0 Å². The molecule has 1 heteroatoms. The average Bonchev–Trinajstić information content (AvgIpc) is 2.22. The van der Waals surface area contributed by atoms with E-state index >= 15 is 0 Å². The maximum Gasteiger partial charge on any atom is 0.00954 e. The van der Waals surface area contributed by atoms with Crippen molar-refractivity contribution in [3.63, 3.8) is 0 Å². The molecule has 2 aliphatic rings. The van der Waals surface area contributed by atoms with Crippen LogP contribution in [0.15, 0.2) is 0 Å². The van der Waals surface area contributed by atoms with Gasteiger partial charge in [0.1, 0.15) is 0 Å². The lowest BCUT2D eigenvalue weighted by molar-refractivity contribution is 0.105. The van der Waals surface area contributed by atoms with E-state index in [9.17, 15) is 0 Å². The quantitative estimate of drug-likeness (QED) is 0.760. The van der Waals surface area contributed by atoms with Gasteiger partial charge in [0, 0.05) is 12.6 Å². The minimum atomic E-state index is 0.681. The van der Waals surface area contributed by atoms with Crippen molar-refractivity contribution in [2.75, 3.05) is 6.54 Å². The summed E-state index contributed by atoms with van der Waals surface area (Å²) in [5, 5.41) is 3.90. The first-order valence-corrected chi connectivity index (χ1v) is 7.38. The van der Waals surface area contributed by atoms with Crippen LogP contribution >= 0.6 is 0 Å². The molecule has 0 spiro atoms. The molecule has 3 unspecified atom stereocenters. The highest BCUT2D eigenvalue weighted by molar-refractivity contribution is 4.91. The van der Waals surface area contributed by atoms with Crippen molar-refractivity contribution in [2.45, 2.75) is 71.8 Å². The second kappa shape index (κ2) is 5.08. The summed E-state index contributed by atoms with van der Waals surface area (Å²) in [6.45, 7) is 8.50. The topological polar surface area (TPSA) is 12.0 Å². The lowest BCUT2D eigenvalue weighted by Crippen LogP contribution is -2.47. The van der Waals surface area contributed by atoms with E-state index in [4.69, 9.17) is 0 Å². The summed E-state index contributed by atoms with van der Waals surface area (Å²) in [6, 6.07) is 0.799. The first kappa shape index (κ1) is 12.4. The largest absolute Gasteiger partial charge is 0.313 e. The molecule has 0 bridgehead atoms. The smallest absolute Gasteiger partial charge is 0.00954 e. The minimum Gasteiger partial charge on any atom is -0.313 e. The Morgan fingerprint density at radius 1 is 1.19 bits per heavy atom. The van der Waals surface area contributed by atoms with Gasteiger partial charge in [-0.25, -0.2) is 0 Å². The summed E-state index contributed by atoms with van der Waals surface area (Å²) in [5.41, 5.74) is 0.681. The van der Waals surface area contributed by atoms with Crippen LogP contribution in [-0.4, -0.2) is 12.6 Å². The van der Waals surface area contributed by atoms with Crippen LogP contribution in [0.5, 0.6) is 0 Å². The van der Waals surface area contributed by atoms with Crippen molar-refractivity contribution in [1.29, 1.82) is 0 Å². The molecule has 16 heavy (non-hydrogen) atoms. The van der Waals surface area contributed by atoms with Gasteiger partial charge in [0.15, 0.2) is 0 Å². The van der Waals surface area contributed by atoms with Crippen molar-refractivity contribution in [3.8, 4) is 0 Å². The highest BCUT2D eigenvalue weighted by atomic mass is 14.9. The summed E-state index contributed by atoms with van der Waals surface area (Å²) in [7, 11) is 0. The predicted octanol–water partition coefficient (Wildman–Crippen LogP) is 3.98. The molecule has 0 heterocycles. The zero-order chi connectivity index (χ0) is 11.6. The fourth-order valence-electron chi connectivity index (χ4n) is 3.50. The fraction of sp³-hybridized carbons (Fsp3) is 1.00. The summed E-state index contributed by atoms with van der Waals surface area (Å²) in [5.74, 6) is 1.83. The number of hydrogen-bond donors (Lipinski definition) is 1. The molecule has 0 amide bonds. The van der Waals surface area contributed by atoms with Crippen LogP contribution in [0.2, 0.25) is 0 Å². The number of hydrogen-bond acceptors (Lipinski definition) is 1. The molecule has 1 N–H and O–H groups in total. The van der Waals surface area contributed by atoms with Gasteiger partial charge in [0.2, 0.25) is 0 Å². The van der Waals surface area contributed by atoms with Crippen molar-refractivity contribution < 1.29 is 0 Å².